The second-order valence-corrected chi connectivity index (χ2v) is 16.7. The summed E-state index contributed by atoms with van der Waals surface area (Å²) in [6.45, 7) is 5.61. The molecular weight excluding hydrogens is 699 g/mol. The van der Waals surface area contributed by atoms with Gasteiger partial charge in [0.25, 0.3) is 0 Å². The highest BCUT2D eigenvalue weighted by Gasteiger charge is 2.27. The molecule has 0 amide bonds. The SMILES string of the molecule is CCCCCCCC/C=C\CCCCCCCC(=O)OCC(C[N+](C)(C)Cc1ccc(C(=O)[O-])cc1)OC(=O)CCCCCCC/C=C\CCCCCCCC. The van der Waals surface area contributed by atoms with Crippen LogP contribution in [0.1, 0.15) is 210 Å². The minimum Gasteiger partial charge on any atom is -0.545 e. The molecule has 0 radical (unpaired) electrons. The van der Waals surface area contributed by atoms with Crippen molar-refractivity contribution in [3.05, 3.63) is 59.7 Å². The lowest BCUT2D eigenvalue weighted by atomic mass is 10.1. The number of hydrogen-bond acceptors (Lipinski definition) is 6. The first-order valence-electron chi connectivity index (χ1n) is 22.9. The molecule has 7 nitrogen and oxygen atoms in total. The number of nitrogens with zero attached hydrogens (tertiary/aromatic N) is 1. The number of benzene rings is 1. The number of rotatable bonds is 38. The van der Waals surface area contributed by atoms with E-state index in [1.54, 1.807) is 24.3 Å². The van der Waals surface area contributed by atoms with Crippen molar-refractivity contribution in [3.63, 3.8) is 0 Å². The van der Waals surface area contributed by atoms with Gasteiger partial charge in [-0.25, -0.2) is 0 Å². The molecule has 0 saturated heterocycles. The fourth-order valence-corrected chi connectivity index (χ4v) is 7.16. The summed E-state index contributed by atoms with van der Waals surface area (Å²) in [5, 5.41) is 11.2. The number of carbonyl (C=O) groups is 3. The fraction of sp³-hybridized carbons (Fsp3) is 0.735. The number of carboxylic acids is 1. The van der Waals surface area contributed by atoms with Crippen LogP contribution in [0, 0.1) is 0 Å². The van der Waals surface area contributed by atoms with Crippen molar-refractivity contribution in [3.8, 4) is 0 Å². The molecule has 0 saturated carbocycles. The van der Waals surface area contributed by atoms with Crippen LogP contribution in [-0.2, 0) is 25.6 Å². The van der Waals surface area contributed by atoms with Crippen molar-refractivity contribution in [2.75, 3.05) is 27.2 Å². The largest absolute Gasteiger partial charge is 0.545 e. The number of allylic oxidation sites excluding steroid dienone is 4. The van der Waals surface area contributed by atoms with E-state index in [0.29, 0.717) is 30.4 Å². The first-order valence-corrected chi connectivity index (χ1v) is 22.9. The molecule has 7 heteroatoms. The molecule has 320 valence electrons. The molecule has 0 N–H and O–H groups in total. The van der Waals surface area contributed by atoms with Gasteiger partial charge in [0.2, 0.25) is 0 Å². The van der Waals surface area contributed by atoms with Gasteiger partial charge in [0.15, 0.2) is 6.10 Å². The standard InChI is InChI=1S/C49H83NO6/c1-5-7-9-11-13-15-17-19-21-23-25-27-29-31-33-35-47(51)55-43-46(42-50(3,4)41-44-37-39-45(40-38-44)49(53)54)56-48(52)36-34-32-30-28-26-24-22-20-18-16-14-12-10-8-6-2/h19-22,37-40,46H,5-18,23-36,41-43H2,1-4H3/b21-19-,22-20-. The van der Waals surface area contributed by atoms with Gasteiger partial charge in [-0.2, -0.15) is 0 Å². The summed E-state index contributed by atoms with van der Waals surface area (Å²) < 4.78 is 12.1. The van der Waals surface area contributed by atoms with Gasteiger partial charge in [-0.05, 0) is 69.8 Å². The average molecular weight is 782 g/mol. The van der Waals surface area contributed by atoms with Crippen molar-refractivity contribution >= 4 is 17.9 Å². The smallest absolute Gasteiger partial charge is 0.306 e. The van der Waals surface area contributed by atoms with E-state index in [2.05, 4.69) is 38.2 Å². The van der Waals surface area contributed by atoms with Gasteiger partial charge < -0.3 is 23.9 Å². The molecule has 56 heavy (non-hydrogen) atoms. The fourth-order valence-electron chi connectivity index (χ4n) is 7.16. The van der Waals surface area contributed by atoms with Crippen LogP contribution >= 0.6 is 0 Å². The van der Waals surface area contributed by atoms with Crippen molar-refractivity contribution in [2.24, 2.45) is 0 Å². The Kier molecular flexibility index (Phi) is 32.2. The van der Waals surface area contributed by atoms with Crippen LogP contribution < -0.4 is 5.11 Å². The third-order valence-electron chi connectivity index (χ3n) is 10.5. The van der Waals surface area contributed by atoms with Gasteiger partial charge in [0.05, 0.1) is 20.1 Å². The zero-order chi connectivity index (χ0) is 41.0. The van der Waals surface area contributed by atoms with E-state index in [1.165, 1.54) is 116 Å². The van der Waals surface area contributed by atoms with E-state index in [0.717, 1.165) is 56.9 Å². The molecule has 0 spiro atoms. The third-order valence-corrected chi connectivity index (χ3v) is 10.5. The van der Waals surface area contributed by atoms with Gasteiger partial charge in [-0.1, -0.05) is 165 Å². The number of quaternary nitrogens is 1. The highest BCUT2D eigenvalue weighted by Crippen LogP contribution is 2.16. The topological polar surface area (TPSA) is 92.7 Å². The summed E-state index contributed by atoms with van der Waals surface area (Å²) in [5.41, 5.74) is 1.10. The van der Waals surface area contributed by atoms with Crippen molar-refractivity contribution in [2.45, 2.75) is 206 Å². The monoisotopic (exact) mass is 782 g/mol. The second kappa shape index (κ2) is 35.2. The molecule has 0 aliphatic carbocycles. The predicted molar refractivity (Wildman–Crippen MR) is 231 cm³/mol. The Labute approximate surface area is 343 Å². The maximum atomic E-state index is 13.0. The average Bonchev–Trinajstić information content (AvgIpc) is 3.16. The van der Waals surface area contributed by atoms with E-state index in [4.69, 9.17) is 9.47 Å². The number of aromatic carboxylic acids is 1. The lowest BCUT2D eigenvalue weighted by Crippen LogP contribution is -2.47. The molecule has 0 aliphatic rings. The number of carboxylic acid groups (broad SMARTS) is 1. The van der Waals surface area contributed by atoms with Gasteiger partial charge in [-0.3, -0.25) is 9.59 Å². The molecule has 1 unspecified atom stereocenters. The Bertz CT molecular complexity index is 1170. The number of hydrogen-bond donors (Lipinski definition) is 0. The Balaban J connectivity index is 2.40. The Morgan fingerprint density at radius 2 is 0.964 bits per heavy atom. The quantitative estimate of drug-likeness (QED) is 0.0287. The minimum absolute atomic E-state index is 0.0350. The van der Waals surface area contributed by atoms with Crippen LogP contribution in [0.4, 0.5) is 0 Å². The Hall–Kier alpha value is -2.93. The van der Waals surface area contributed by atoms with Gasteiger partial charge in [-0.15, -0.1) is 0 Å². The number of ether oxygens (including phenoxy) is 2. The van der Waals surface area contributed by atoms with E-state index in [-0.39, 0.29) is 24.1 Å². The molecule has 1 rings (SSSR count). The molecule has 1 aromatic rings. The predicted octanol–water partition coefficient (Wildman–Crippen LogP) is 12.2. The van der Waals surface area contributed by atoms with Crippen LogP contribution in [0.15, 0.2) is 48.6 Å². The summed E-state index contributed by atoms with van der Waals surface area (Å²) in [5.74, 6) is -1.70. The van der Waals surface area contributed by atoms with Gasteiger partial charge in [0, 0.05) is 18.4 Å². The molecule has 0 aromatic heterocycles. The molecule has 0 fully saturated rings. The first-order chi connectivity index (χ1) is 27.2. The number of esters is 2. The van der Waals surface area contributed by atoms with Crippen LogP contribution in [0.25, 0.3) is 0 Å². The molecular formula is C49H83NO6. The van der Waals surface area contributed by atoms with Crippen molar-refractivity contribution in [1.29, 1.82) is 0 Å². The summed E-state index contributed by atoms with van der Waals surface area (Å²) in [6.07, 6.45) is 40.8. The summed E-state index contributed by atoms with van der Waals surface area (Å²) in [6, 6.07) is 6.67. The number of unbranched alkanes of at least 4 members (excludes halogenated alkanes) is 22. The molecule has 1 atom stereocenters. The maximum Gasteiger partial charge on any atom is 0.306 e. The normalized spacial score (nSPS) is 12.4. The third kappa shape index (κ3) is 31.2. The van der Waals surface area contributed by atoms with Crippen LogP contribution in [0.3, 0.4) is 0 Å². The lowest BCUT2D eigenvalue weighted by molar-refractivity contribution is -0.906. The first kappa shape index (κ1) is 51.1. The van der Waals surface area contributed by atoms with E-state index in [9.17, 15) is 19.5 Å². The molecule has 1 aromatic carbocycles. The van der Waals surface area contributed by atoms with Crippen LogP contribution in [0.5, 0.6) is 0 Å². The highest BCUT2D eigenvalue weighted by atomic mass is 16.6. The van der Waals surface area contributed by atoms with E-state index in [1.807, 2.05) is 14.1 Å². The maximum absolute atomic E-state index is 13.0. The van der Waals surface area contributed by atoms with Crippen molar-refractivity contribution in [1.82, 2.24) is 0 Å². The van der Waals surface area contributed by atoms with Crippen molar-refractivity contribution < 1.29 is 33.4 Å². The second-order valence-electron chi connectivity index (χ2n) is 16.7. The van der Waals surface area contributed by atoms with E-state index < -0.39 is 12.1 Å². The molecule has 0 bridgehead atoms. The number of likely N-dealkylation sites (N-methyl/N-ethyl adjacent to an activating group) is 1. The Morgan fingerprint density at radius 3 is 1.39 bits per heavy atom. The van der Waals surface area contributed by atoms with Crippen LogP contribution in [0.2, 0.25) is 0 Å². The summed E-state index contributed by atoms with van der Waals surface area (Å²) in [4.78, 5) is 36.9. The van der Waals surface area contributed by atoms with Crippen LogP contribution in [-0.4, -0.2) is 55.7 Å². The zero-order valence-electron chi connectivity index (χ0n) is 36.5. The summed E-state index contributed by atoms with van der Waals surface area (Å²) in [7, 11) is 4.06. The zero-order valence-corrected chi connectivity index (χ0v) is 36.5. The van der Waals surface area contributed by atoms with Gasteiger partial charge in [0.1, 0.15) is 19.7 Å². The Morgan fingerprint density at radius 1 is 0.571 bits per heavy atom. The molecule has 0 heterocycles. The highest BCUT2D eigenvalue weighted by molar-refractivity contribution is 5.85. The lowest BCUT2D eigenvalue weighted by Gasteiger charge is -2.33. The van der Waals surface area contributed by atoms with Gasteiger partial charge >= 0.3 is 11.9 Å². The molecule has 0 aliphatic heterocycles. The van der Waals surface area contributed by atoms with E-state index >= 15 is 0 Å². The minimum atomic E-state index is -1.20. The summed E-state index contributed by atoms with van der Waals surface area (Å²) >= 11 is 0. The number of carbonyl (C=O) groups excluding carboxylic acids is 3.